The fraction of sp³-hybridized carbons (Fsp3) is 0.148. The van der Waals surface area contributed by atoms with Crippen LogP contribution in [0.3, 0.4) is 0 Å². The standard InChI is InChI=1S/C27H24FN9/c1-37(2)8-7-30-19-10-16(9-18(28)12-19)25-20-13-23(34-22(20)3-4-32-25)26-21-11-17(14-33-27(21)36-35-26)24-15-29-5-6-31-24/h3-6,9-15,30,34H,7-8H2,1-2H3,(H,33,35,36). The van der Waals surface area contributed by atoms with Crippen LogP contribution in [0.2, 0.25) is 0 Å². The molecule has 37 heavy (non-hydrogen) atoms. The quantitative estimate of drug-likeness (QED) is 0.295. The fourth-order valence-electron chi connectivity index (χ4n) is 4.36. The molecule has 0 saturated carbocycles. The number of aromatic amines is 2. The van der Waals surface area contributed by atoms with E-state index >= 15 is 0 Å². The van der Waals surface area contributed by atoms with Gasteiger partial charge in [0.05, 0.1) is 23.3 Å². The zero-order chi connectivity index (χ0) is 25.4. The van der Waals surface area contributed by atoms with Gasteiger partial charge >= 0.3 is 0 Å². The number of nitrogens with zero attached hydrogens (tertiary/aromatic N) is 6. The third kappa shape index (κ3) is 4.50. The summed E-state index contributed by atoms with van der Waals surface area (Å²) in [6.45, 7) is 1.55. The lowest BCUT2D eigenvalue weighted by atomic mass is 10.1. The summed E-state index contributed by atoms with van der Waals surface area (Å²) >= 11 is 0. The molecule has 9 nitrogen and oxygen atoms in total. The van der Waals surface area contributed by atoms with E-state index in [1.807, 2.05) is 38.4 Å². The third-order valence-corrected chi connectivity index (χ3v) is 6.14. The summed E-state index contributed by atoms with van der Waals surface area (Å²) in [5.74, 6) is -0.319. The van der Waals surface area contributed by atoms with Crippen LogP contribution in [0.4, 0.5) is 10.1 Å². The number of nitrogens with one attached hydrogen (secondary N) is 3. The van der Waals surface area contributed by atoms with E-state index in [1.54, 1.807) is 31.0 Å². The Hall–Kier alpha value is -4.70. The maximum absolute atomic E-state index is 14.6. The van der Waals surface area contributed by atoms with E-state index in [2.05, 4.69) is 45.3 Å². The van der Waals surface area contributed by atoms with E-state index in [9.17, 15) is 4.39 Å². The molecule has 6 rings (SSSR count). The fourth-order valence-corrected chi connectivity index (χ4v) is 4.36. The monoisotopic (exact) mass is 493 g/mol. The molecule has 5 aromatic heterocycles. The highest BCUT2D eigenvalue weighted by molar-refractivity contribution is 6.00. The number of pyridine rings is 2. The highest BCUT2D eigenvalue weighted by Gasteiger charge is 2.16. The molecule has 3 N–H and O–H groups in total. The van der Waals surface area contributed by atoms with Gasteiger partial charge in [0.15, 0.2) is 5.65 Å². The van der Waals surface area contributed by atoms with Crippen molar-refractivity contribution < 1.29 is 4.39 Å². The summed E-state index contributed by atoms with van der Waals surface area (Å²) in [6, 6.07) is 10.8. The van der Waals surface area contributed by atoms with Crippen molar-refractivity contribution >= 4 is 27.6 Å². The Morgan fingerprint density at radius 3 is 2.65 bits per heavy atom. The van der Waals surface area contributed by atoms with Crippen LogP contribution in [0, 0.1) is 5.82 Å². The van der Waals surface area contributed by atoms with Gasteiger partial charge < -0.3 is 15.2 Å². The lowest BCUT2D eigenvalue weighted by Gasteiger charge is -2.12. The first-order valence-electron chi connectivity index (χ1n) is 11.8. The minimum absolute atomic E-state index is 0.319. The summed E-state index contributed by atoms with van der Waals surface area (Å²) in [7, 11) is 4.00. The molecule has 0 saturated heterocycles. The van der Waals surface area contributed by atoms with Crippen molar-refractivity contribution in [3.8, 4) is 33.9 Å². The van der Waals surface area contributed by atoms with Crippen molar-refractivity contribution in [3.05, 3.63) is 73.2 Å². The van der Waals surface area contributed by atoms with Crippen LogP contribution in [0.1, 0.15) is 0 Å². The number of benzene rings is 1. The molecule has 0 radical (unpaired) electrons. The number of H-pyrrole nitrogens is 2. The van der Waals surface area contributed by atoms with Crippen LogP contribution >= 0.6 is 0 Å². The lowest BCUT2D eigenvalue weighted by molar-refractivity contribution is 0.425. The first-order chi connectivity index (χ1) is 18.0. The zero-order valence-electron chi connectivity index (χ0n) is 20.3. The van der Waals surface area contributed by atoms with Gasteiger partial charge in [-0.3, -0.25) is 20.1 Å². The molecule has 0 fully saturated rings. The van der Waals surface area contributed by atoms with Gasteiger partial charge in [-0.25, -0.2) is 9.37 Å². The zero-order valence-corrected chi connectivity index (χ0v) is 20.3. The van der Waals surface area contributed by atoms with Gasteiger partial charge in [-0.2, -0.15) is 5.10 Å². The molecule has 6 aromatic rings. The second-order valence-corrected chi connectivity index (χ2v) is 9.05. The first-order valence-corrected chi connectivity index (χ1v) is 11.8. The largest absolute Gasteiger partial charge is 0.384 e. The van der Waals surface area contributed by atoms with Crippen molar-refractivity contribution in [3.63, 3.8) is 0 Å². The molecule has 5 heterocycles. The van der Waals surface area contributed by atoms with Crippen LogP contribution in [0.25, 0.3) is 55.8 Å². The SMILES string of the molecule is CN(C)CCNc1cc(F)cc(-c2nccc3[nH]c(-c4n[nH]c5ncc(-c6cnccn6)cc45)cc23)c1. The first kappa shape index (κ1) is 22.7. The van der Waals surface area contributed by atoms with Crippen molar-refractivity contribution in [2.24, 2.45) is 0 Å². The van der Waals surface area contributed by atoms with Gasteiger partial charge in [0, 0.05) is 71.0 Å². The van der Waals surface area contributed by atoms with Crippen molar-refractivity contribution in [2.45, 2.75) is 0 Å². The average molecular weight is 494 g/mol. The van der Waals surface area contributed by atoms with Gasteiger partial charge in [0.1, 0.15) is 11.5 Å². The number of likely N-dealkylation sites (N-methyl/N-ethyl adjacent to an activating group) is 1. The van der Waals surface area contributed by atoms with Crippen LogP contribution < -0.4 is 5.32 Å². The Labute approximate surface area is 211 Å². The molecule has 0 aliphatic carbocycles. The molecule has 0 amide bonds. The Balaban J connectivity index is 1.41. The number of halogens is 1. The third-order valence-electron chi connectivity index (χ3n) is 6.14. The van der Waals surface area contributed by atoms with E-state index < -0.39 is 0 Å². The summed E-state index contributed by atoms with van der Waals surface area (Å²) in [6.07, 6.45) is 8.45. The summed E-state index contributed by atoms with van der Waals surface area (Å²) in [5, 5.41) is 12.5. The van der Waals surface area contributed by atoms with Crippen LogP contribution in [-0.2, 0) is 0 Å². The van der Waals surface area contributed by atoms with Gasteiger partial charge in [0.2, 0.25) is 0 Å². The van der Waals surface area contributed by atoms with Crippen LogP contribution in [0.5, 0.6) is 0 Å². The Bertz CT molecular complexity index is 1710. The minimum Gasteiger partial charge on any atom is -0.384 e. The molecule has 1 aromatic carbocycles. The number of rotatable bonds is 7. The van der Waals surface area contributed by atoms with Crippen molar-refractivity contribution in [1.82, 2.24) is 40.0 Å². The van der Waals surface area contributed by atoms with E-state index in [-0.39, 0.29) is 5.82 Å². The van der Waals surface area contributed by atoms with E-state index in [0.29, 0.717) is 29.1 Å². The normalized spacial score (nSPS) is 11.6. The van der Waals surface area contributed by atoms with Crippen LogP contribution in [0.15, 0.2) is 67.4 Å². The average Bonchev–Trinajstić information content (AvgIpc) is 3.52. The molecule has 184 valence electrons. The molecule has 0 aliphatic rings. The second kappa shape index (κ2) is 9.40. The number of anilines is 1. The lowest BCUT2D eigenvalue weighted by Crippen LogP contribution is -2.20. The van der Waals surface area contributed by atoms with Crippen LogP contribution in [-0.4, -0.2) is 67.2 Å². The predicted molar refractivity (Wildman–Crippen MR) is 142 cm³/mol. The topological polar surface area (TPSA) is 111 Å². The van der Waals surface area contributed by atoms with Gasteiger partial charge in [-0.05, 0) is 50.5 Å². The maximum atomic E-state index is 14.6. The molecule has 0 aliphatic heterocycles. The highest BCUT2D eigenvalue weighted by Crippen LogP contribution is 2.34. The highest BCUT2D eigenvalue weighted by atomic mass is 19.1. The molecule has 0 bridgehead atoms. The van der Waals surface area contributed by atoms with E-state index in [4.69, 9.17) is 0 Å². The van der Waals surface area contributed by atoms with E-state index in [0.717, 1.165) is 45.5 Å². The van der Waals surface area contributed by atoms with Crippen molar-refractivity contribution in [2.75, 3.05) is 32.5 Å². The molecular weight excluding hydrogens is 469 g/mol. The van der Waals surface area contributed by atoms with Gasteiger partial charge in [0.25, 0.3) is 0 Å². The number of hydrogen-bond donors (Lipinski definition) is 3. The Morgan fingerprint density at radius 1 is 0.892 bits per heavy atom. The number of fused-ring (bicyclic) bond motifs is 2. The number of hydrogen-bond acceptors (Lipinski definition) is 7. The summed E-state index contributed by atoms with van der Waals surface area (Å²) < 4.78 is 14.6. The molecule has 0 atom stereocenters. The predicted octanol–water partition coefficient (Wildman–Crippen LogP) is 4.74. The smallest absolute Gasteiger partial charge is 0.155 e. The number of aromatic nitrogens is 7. The minimum atomic E-state index is -0.319. The Morgan fingerprint density at radius 2 is 1.81 bits per heavy atom. The molecule has 0 unspecified atom stereocenters. The van der Waals surface area contributed by atoms with Gasteiger partial charge in [-0.15, -0.1) is 0 Å². The molecule has 0 spiro atoms. The Kier molecular flexibility index (Phi) is 5.78. The van der Waals surface area contributed by atoms with E-state index in [1.165, 1.54) is 12.1 Å². The summed E-state index contributed by atoms with van der Waals surface area (Å²) in [4.78, 5) is 23.2. The van der Waals surface area contributed by atoms with Gasteiger partial charge in [-0.1, -0.05) is 0 Å². The summed E-state index contributed by atoms with van der Waals surface area (Å²) in [5.41, 5.74) is 6.74. The van der Waals surface area contributed by atoms with Crippen molar-refractivity contribution in [1.29, 1.82) is 0 Å². The molecular formula is C27H24FN9. The second-order valence-electron chi connectivity index (χ2n) is 9.05. The maximum Gasteiger partial charge on any atom is 0.155 e. The molecule has 10 heteroatoms.